The monoisotopic (exact) mass is 453 g/mol. The van der Waals surface area contributed by atoms with Gasteiger partial charge >= 0.3 is 0 Å². The minimum atomic E-state index is 0.549. The van der Waals surface area contributed by atoms with Crippen LogP contribution in [0.25, 0.3) is 0 Å². The second-order valence-corrected chi connectivity index (χ2v) is 8.69. The fourth-order valence-corrected chi connectivity index (χ4v) is 4.20. The average Bonchev–Trinajstić information content (AvgIpc) is 3.18. The fourth-order valence-electron chi connectivity index (χ4n) is 3.66. The van der Waals surface area contributed by atoms with Crippen LogP contribution in [0.3, 0.4) is 0 Å². The van der Waals surface area contributed by atoms with Crippen LogP contribution in [-0.4, -0.2) is 50.9 Å². The molecule has 1 saturated heterocycles. The van der Waals surface area contributed by atoms with Gasteiger partial charge < -0.3 is 10.1 Å². The highest BCUT2D eigenvalue weighted by molar-refractivity contribution is 8.00. The van der Waals surface area contributed by atoms with E-state index in [1.807, 2.05) is 31.3 Å². The number of pyridine rings is 1. The normalized spacial score (nSPS) is 14.3. The summed E-state index contributed by atoms with van der Waals surface area (Å²) in [4.78, 5) is 11.3. The van der Waals surface area contributed by atoms with Gasteiger partial charge in [-0.05, 0) is 62.2 Å². The van der Waals surface area contributed by atoms with Crippen molar-refractivity contribution < 1.29 is 4.74 Å². The number of nitrogens with one attached hydrogen (secondary N) is 2. The maximum Gasteiger partial charge on any atom is 0.254 e. The molecule has 4 rings (SSSR count). The van der Waals surface area contributed by atoms with E-state index in [1.54, 1.807) is 10.9 Å². The van der Waals surface area contributed by atoms with Crippen molar-refractivity contribution in [2.45, 2.75) is 37.3 Å². The van der Waals surface area contributed by atoms with E-state index < -0.39 is 0 Å². The molecule has 8 nitrogen and oxygen atoms in total. The average molecular weight is 454 g/mol. The highest BCUT2D eigenvalue weighted by atomic mass is 32.2. The summed E-state index contributed by atoms with van der Waals surface area (Å²) >= 11 is 1.39. The van der Waals surface area contributed by atoms with E-state index in [2.05, 4.69) is 48.2 Å². The van der Waals surface area contributed by atoms with Gasteiger partial charge in [0.15, 0.2) is 0 Å². The van der Waals surface area contributed by atoms with Crippen LogP contribution in [0.5, 0.6) is 5.75 Å². The van der Waals surface area contributed by atoms with Crippen molar-refractivity contribution in [2.75, 3.05) is 36.3 Å². The second-order valence-electron chi connectivity index (χ2n) is 7.87. The molecule has 0 saturated carbocycles. The van der Waals surface area contributed by atoms with Crippen molar-refractivity contribution >= 4 is 23.8 Å². The maximum atomic E-state index is 5.97. The molecule has 2 N–H and O–H groups in total. The first-order valence-electron chi connectivity index (χ1n) is 11.2. The van der Waals surface area contributed by atoms with E-state index in [0.717, 1.165) is 36.2 Å². The molecule has 0 amide bonds. The first-order chi connectivity index (χ1) is 15.8. The Balaban J connectivity index is 1.16. The molecular formula is C23H31N7OS. The lowest BCUT2D eigenvalue weighted by Crippen LogP contribution is -2.29. The van der Waals surface area contributed by atoms with Gasteiger partial charge in [0.25, 0.3) is 5.95 Å². The number of rotatable bonds is 11. The predicted octanol–water partition coefficient (Wildman–Crippen LogP) is 4.20. The third-order valence-electron chi connectivity index (χ3n) is 5.27. The topological polar surface area (TPSA) is 80.1 Å². The summed E-state index contributed by atoms with van der Waals surface area (Å²) in [5.74, 6) is 2.21. The molecule has 0 spiro atoms. The highest BCUT2D eigenvalue weighted by Crippen LogP contribution is 2.19. The van der Waals surface area contributed by atoms with Crippen molar-refractivity contribution in [3.05, 3.63) is 54.2 Å². The van der Waals surface area contributed by atoms with Crippen LogP contribution >= 0.6 is 11.9 Å². The number of aryl methyl sites for hydroxylation is 1. The molecule has 1 aliphatic rings. The number of nitrogens with zero attached hydrogens (tertiary/aromatic N) is 5. The number of piperidine rings is 1. The van der Waals surface area contributed by atoms with E-state index in [-0.39, 0.29) is 0 Å². The van der Waals surface area contributed by atoms with Gasteiger partial charge in [0.2, 0.25) is 5.95 Å². The van der Waals surface area contributed by atoms with E-state index >= 15 is 0 Å². The Bertz CT molecular complexity index is 960. The Morgan fingerprint density at radius 3 is 2.84 bits per heavy atom. The third-order valence-corrected chi connectivity index (χ3v) is 6.01. The summed E-state index contributed by atoms with van der Waals surface area (Å²) in [6, 6.07) is 14.3. The van der Waals surface area contributed by atoms with Crippen LogP contribution in [0.2, 0.25) is 0 Å². The molecule has 3 heterocycles. The Morgan fingerprint density at radius 2 is 2.00 bits per heavy atom. The van der Waals surface area contributed by atoms with Crippen LogP contribution in [-0.2, 0) is 13.6 Å². The number of hydrogen-bond acceptors (Lipinski definition) is 8. The van der Waals surface area contributed by atoms with Gasteiger partial charge in [-0.25, -0.2) is 9.67 Å². The van der Waals surface area contributed by atoms with Crippen LogP contribution in [0.4, 0.5) is 11.9 Å². The Morgan fingerprint density at radius 1 is 1.09 bits per heavy atom. The Labute approximate surface area is 193 Å². The summed E-state index contributed by atoms with van der Waals surface area (Å²) in [5.41, 5.74) is 1.32. The van der Waals surface area contributed by atoms with Gasteiger partial charge in [-0.15, -0.1) is 5.10 Å². The summed E-state index contributed by atoms with van der Waals surface area (Å²) in [5, 5.41) is 8.57. The standard InChI is InChI=1S/C23H31N7OS/c1-29-23(26-22(27-29)28-32-21-11-3-4-12-24-21)25-13-8-16-31-20-10-7-9-19(17-20)18-30-14-5-2-6-15-30/h3-4,7,9-12,17H,2,5-6,8,13-16,18H2,1H3,(H2,25,26,27,28). The second kappa shape index (κ2) is 11.7. The predicted molar refractivity (Wildman–Crippen MR) is 129 cm³/mol. The lowest BCUT2D eigenvalue weighted by Gasteiger charge is -2.26. The quantitative estimate of drug-likeness (QED) is 0.330. The van der Waals surface area contributed by atoms with Gasteiger partial charge in [-0.2, -0.15) is 4.98 Å². The van der Waals surface area contributed by atoms with Gasteiger partial charge in [0.05, 0.1) is 6.61 Å². The maximum absolute atomic E-state index is 5.97. The lowest BCUT2D eigenvalue weighted by molar-refractivity contribution is 0.220. The zero-order valence-corrected chi connectivity index (χ0v) is 19.4. The first kappa shape index (κ1) is 22.4. The van der Waals surface area contributed by atoms with Gasteiger partial charge in [-0.1, -0.05) is 24.6 Å². The number of likely N-dealkylation sites (tertiary alicyclic amines) is 1. The van der Waals surface area contributed by atoms with Crippen molar-refractivity contribution in [1.29, 1.82) is 0 Å². The number of benzene rings is 1. The molecule has 0 atom stereocenters. The molecule has 2 aromatic heterocycles. The molecule has 0 bridgehead atoms. The molecule has 3 aromatic rings. The van der Waals surface area contributed by atoms with Gasteiger partial charge in [-0.3, -0.25) is 9.62 Å². The SMILES string of the molecule is Cn1nc(NSc2ccccn2)nc1NCCCOc1cccc(CN2CCCCC2)c1. The zero-order chi connectivity index (χ0) is 22.0. The van der Waals surface area contributed by atoms with E-state index in [4.69, 9.17) is 4.74 Å². The molecule has 9 heteroatoms. The van der Waals surface area contributed by atoms with E-state index in [1.165, 1.54) is 49.9 Å². The molecule has 1 aromatic carbocycles. The van der Waals surface area contributed by atoms with Gasteiger partial charge in [0, 0.05) is 38.3 Å². The Kier molecular flexibility index (Phi) is 8.22. The molecule has 1 aliphatic heterocycles. The number of aromatic nitrogens is 4. The minimum Gasteiger partial charge on any atom is -0.494 e. The summed E-state index contributed by atoms with van der Waals surface area (Å²) in [6.45, 7) is 4.83. The molecule has 0 radical (unpaired) electrons. The van der Waals surface area contributed by atoms with E-state index in [0.29, 0.717) is 12.6 Å². The van der Waals surface area contributed by atoms with Crippen molar-refractivity contribution in [3.8, 4) is 5.75 Å². The lowest BCUT2D eigenvalue weighted by atomic mass is 10.1. The smallest absolute Gasteiger partial charge is 0.254 e. The highest BCUT2D eigenvalue weighted by Gasteiger charge is 2.11. The molecule has 0 aliphatic carbocycles. The minimum absolute atomic E-state index is 0.549. The van der Waals surface area contributed by atoms with Crippen LogP contribution in [0.15, 0.2) is 53.7 Å². The van der Waals surface area contributed by atoms with Crippen molar-refractivity contribution in [3.63, 3.8) is 0 Å². The van der Waals surface area contributed by atoms with E-state index in [9.17, 15) is 0 Å². The first-order valence-corrected chi connectivity index (χ1v) is 12.0. The molecule has 0 unspecified atom stereocenters. The van der Waals surface area contributed by atoms with Crippen LogP contribution in [0.1, 0.15) is 31.2 Å². The fraction of sp³-hybridized carbons (Fsp3) is 0.435. The number of hydrogen-bond donors (Lipinski definition) is 2. The zero-order valence-electron chi connectivity index (χ0n) is 18.5. The molecule has 32 heavy (non-hydrogen) atoms. The summed E-state index contributed by atoms with van der Waals surface area (Å²) in [6.07, 6.45) is 6.62. The molecule has 1 fully saturated rings. The summed E-state index contributed by atoms with van der Waals surface area (Å²) in [7, 11) is 1.87. The third kappa shape index (κ3) is 6.86. The Hall–Kier alpha value is -2.78. The van der Waals surface area contributed by atoms with Gasteiger partial charge in [0.1, 0.15) is 10.8 Å². The number of anilines is 2. The summed E-state index contributed by atoms with van der Waals surface area (Å²) < 4.78 is 10.8. The molecule has 170 valence electrons. The van der Waals surface area contributed by atoms with Crippen molar-refractivity contribution in [1.82, 2.24) is 24.6 Å². The number of ether oxygens (including phenoxy) is 1. The molecular weight excluding hydrogens is 422 g/mol. The van der Waals surface area contributed by atoms with Crippen LogP contribution < -0.4 is 14.8 Å². The van der Waals surface area contributed by atoms with Crippen LogP contribution in [0, 0.1) is 0 Å². The largest absolute Gasteiger partial charge is 0.494 e. The van der Waals surface area contributed by atoms with Crippen molar-refractivity contribution in [2.24, 2.45) is 7.05 Å².